The van der Waals surface area contributed by atoms with Crippen LogP contribution in [0, 0.1) is 13.8 Å². The fourth-order valence-corrected chi connectivity index (χ4v) is 2.15. The van der Waals surface area contributed by atoms with Gasteiger partial charge in [-0.1, -0.05) is 18.2 Å². The van der Waals surface area contributed by atoms with Crippen LogP contribution in [0.3, 0.4) is 0 Å². The van der Waals surface area contributed by atoms with Gasteiger partial charge in [-0.2, -0.15) is 0 Å². The van der Waals surface area contributed by atoms with Crippen LogP contribution < -0.4 is 9.47 Å². The number of carbonyl (C=O) groups is 1. The Bertz CT molecular complexity index is 618. The number of para-hydroxylation sites is 1. The first-order chi connectivity index (χ1) is 10.1. The van der Waals surface area contributed by atoms with Crippen LogP contribution in [0.4, 0.5) is 0 Å². The van der Waals surface area contributed by atoms with Gasteiger partial charge in [-0.15, -0.1) is 0 Å². The third kappa shape index (κ3) is 4.09. The molecule has 0 unspecified atom stereocenters. The molecule has 0 fully saturated rings. The Labute approximate surface area is 125 Å². The van der Waals surface area contributed by atoms with Crippen LogP contribution in [0.2, 0.25) is 0 Å². The molecule has 0 aromatic heterocycles. The molecule has 0 saturated heterocycles. The molecule has 3 heteroatoms. The maximum atomic E-state index is 11.5. The minimum Gasteiger partial charge on any atom is -0.490 e. The maximum Gasteiger partial charge on any atom is 0.160 e. The second-order valence-electron chi connectivity index (χ2n) is 5.00. The van der Waals surface area contributed by atoms with Crippen molar-refractivity contribution < 1.29 is 14.3 Å². The molecule has 0 bridgehead atoms. The summed E-state index contributed by atoms with van der Waals surface area (Å²) in [5.41, 5.74) is 2.65. The van der Waals surface area contributed by atoms with Gasteiger partial charge in [0.1, 0.15) is 24.7 Å². The average molecular weight is 284 g/mol. The first-order valence-electron chi connectivity index (χ1n) is 7.01. The quantitative estimate of drug-likeness (QED) is 0.595. The molecule has 0 radical (unpaired) electrons. The molecule has 21 heavy (non-hydrogen) atoms. The van der Waals surface area contributed by atoms with E-state index in [9.17, 15) is 4.79 Å². The Morgan fingerprint density at radius 1 is 0.952 bits per heavy atom. The fourth-order valence-electron chi connectivity index (χ4n) is 2.15. The van der Waals surface area contributed by atoms with Gasteiger partial charge in [0.25, 0.3) is 0 Å². The summed E-state index contributed by atoms with van der Waals surface area (Å²) in [4.78, 5) is 11.5. The third-order valence-electron chi connectivity index (χ3n) is 3.25. The van der Waals surface area contributed by atoms with Crippen LogP contribution in [0.25, 0.3) is 0 Å². The normalized spacial score (nSPS) is 10.2. The molecule has 3 nitrogen and oxygen atoms in total. The van der Waals surface area contributed by atoms with Crippen LogP contribution in [0.15, 0.2) is 42.5 Å². The molecular weight excluding hydrogens is 264 g/mol. The van der Waals surface area contributed by atoms with Crippen molar-refractivity contribution in [2.24, 2.45) is 0 Å². The van der Waals surface area contributed by atoms with Crippen molar-refractivity contribution in [3.8, 4) is 11.5 Å². The van der Waals surface area contributed by atoms with Crippen LogP contribution >= 0.6 is 0 Å². The number of benzene rings is 2. The summed E-state index contributed by atoms with van der Waals surface area (Å²) in [6, 6.07) is 13.4. The minimum absolute atomic E-state index is 0.0783. The number of carbonyl (C=O) groups excluding carboxylic acids is 1. The van der Waals surface area contributed by atoms with Crippen LogP contribution in [-0.4, -0.2) is 19.0 Å². The molecule has 2 rings (SSSR count). The highest BCUT2D eigenvalue weighted by Crippen LogP contribution is 2.23. The Balaban J connectivity index is 1.92. The van der Waals surface area contributed by atoms with Crippen molar-refractivity contribution in [2.45, 2.75) is 20.8 Å². The largest absolute Gasteiger partial charge is 0.490 e. The van der Waals surface area contributed by atoms with Crippen molar-refractivity contribution in [2.75, 3.05) is 13.2 Å². The van der Waals surface area contributed by atoms with Gasteiger partial charge in [0.15, 0.2) is 5.78 Å². The predicted molar refractivity (Wildman–Crippen MR) is 83.4 cm³/mol. The van der Waals surface area contributed by atoms with Gasteiger partial charge in [-0.3, -0.25) is 4.79 Å². The number of aryl methyl sites for hydroxylation is 2. The summed E-state index contributed by atoms with van der Waals surface area (Å²) in [5, 5.41) is 0. The van der Waals surface area contributed by atoms with Gasteiger partial charge in [-0.25, -0.2) is 0 Å². The van der Waals surface area contributed by atoms with E-state index in [2.05, 4.69) is 0 Å². The van der Waals surface area contributed by atoms with Gasteiger partial charge in [0, 0.05) is 5.56 Å². The lowest BCUT2D eigenvalue weighted by molar-refractivity contribution is 0.101. The zero-order valence-corrected chi connectivity index (χ0v) is 12.7. The zero-order valence-electron chi connectivity index (χ0n) is 12.7. The molecule has 0 aliphatic rings. The van der Waals surface area contributed by atoms with E-state index in [-0.39, 0.29) is 5.78 Å². The fraction of sp³-hybridized carbons (Fsp3) is 0.278. The highest BCUT2D eigenvalue weighted by molar-refractivity contribution is 5.95. The van der Waals surface area contributed by atoms with Crippen LogP contribution in [0.1, 0.15) is 28.4 Å². The summed E-state index contributed by atoms with van der Waals surface area (Å²) < 4.78 is 11.3. The SMILES string of the molecule is CC(=O)c1cc(C)c(OCCOc2ccccc2)cc1C. The van der Waals surface area contributed by atoms with Gasteiger partial charge in [-0.05, 0) is 56.2 Å². The van der Waals surface area contributed by atoms with E-state index in [0.29, 0.717) is 13.2 Å². The lowest BCUT2D eigenvalue weighted by Gasteiger charge is -2.13. The molecule has 0 amide bonds. The van der Waals surface area contributed by atoms with Crippen molar-refractivity contribution in [1.82, 2.24) is 0 Å². The second-order valence-corrected chi connectivity index (χ2v) is 5.00. The van der Waals surface area contributed by atoms with E-state index in [1.54, 1.807) is 6.92 Å². The van der Waals surface area contributed by atoms with E-state index >= 15 is 0 Å². The first kappa shape index (κ1) is 15.1. The molecule has 0 spiro atoms. The lowest BCUT2D eigenvalue weighted by atomic mass is 10.0. The van der Waals surface area contributed by atoms with E-state index in [1.165, 1.54) is 0 Å². The highest BCUT2D eigenvalue weighted by atomic mass is 16.5. The molecule has 110 valence electrons. The smallest absolute Gasteiger partial charge is 0.160 e. The minimum atomic E-state index is 0.0783. The molecule has 0 atom stereocenters. The van der Waals surface area contributed by atoms with E-state index < -0.39 is 0 Å². The molecule has 2 aromatic carbocycles. The van der Waals surface area contributed by atoms with Gasteiger partial charge >= 0.3 is 0 Å². The van der Waals surface area contributed by atoms with Crippen LogP contribution in [-0.2, 0) is 0 Å². The van der Waals surface area contributed by atoms with Crippen molar-refractivity contribution in [3.05, 3.63) is 59.2 Å². The topological polar surface area (TPSA) is 35.5 Å². The Morgan fingerprint density at radius 2 is 1.62 bits per heavy atom. The number of hydrogen-bond donors (Lipinski definition) is 0. The predicted octanol–water partition coefficient (Wildman–Crippen LogP) is 3.96. The summed E-state index contributed by atoms with van der Waals surface area (Å²) >= 11 is 0. The van der Waals surface area contributed by atoms with Crippen molar-refractivity contribution in [1.29, 1.82) is 0 Å². The van der Waals surface area contributed by atoms with Crippen LogP contribution in [0.5, 0.6) is 11.5 Å². The van der Waals surface area contributed by atoms with Crippen molar-refractivity contribution >= 4 is 5.78 Å². The lowest BCUT2D eigenvalue weighted by Crippen LogP contribution is -2.10. The zero-order chi connectivity index (χ0) is 15.2. The highest BCUT2D eigenvalue weighted by Gasteiger charge is 2.08. The molecule has 2 aromatic rings. The van der Waals surface area contributed by atoms with Gasteiger partial charge in [0.2, 0.25) is 0 Å². The third-order valence-corrected chi connectivity index (χ3v) is 3.25. The summed E-state index contributed by atoms with van der Waals surface area (Å²) in [5.74, 6) is 1.71. The second kappa shape index (κ2) is 6.93. The molecule has 0 saturated carbocycles. The number of Topliss-reactive ketones (excluding diaryl/α,β-unsaturated/α-hetero) is 1. The van der Waals surface area contributed by atoms with Gasteiger partial charge in [0.05, 0.1) is 0 Å². The molecular formula is C18H20O3. The molecule has 0 aliphatic heterocycles. The molecule has 0 heterocycles. The Kier molecular flexibility index (Phi) is 4.99. The van der Waals surface area contributed by atoms with E-state index in [4.69, 9.17) is 9.47 Å². The molecule has 0 aliphatic carbocycles. The van der Waals surface area contributed by atoms with Gasteiger partial charge < -0.3 is 9.47 Å². The Morgan fingerprint density at radius 3 is 2.29 bits per heavy atom. The van der Waals surface area contributed by atoms with E-state index in [0.717, 1.165) is 28.2 Å². The number of ether oxygens (including phenoxy) is 2. The molecule has 0 N–H and O–H groups in total. The summed E-state index contributed by atoms with van der Waals surface area (Å²) in [7, 11) is 0. The Hall–Kier alpha value is -2.29. The number of rotatable bonds is 6. The number of ketones is 1. The maximum absolute atomic E-state index is 11.5. The summed E-state index contributed by atoms with van der Waals surface area (Å²) in [6.45, 7) is 6.39. The standard InChI is InChI=1S/C18H20O3/c1-13-12-18(14(2)11-17(13)15(3)19)21-10-9-20-16-7-5-4-6-8-16/h4-8,11-12H,9-10H2,1-3H3. The average Bonchev–Trinajstić information content (AvgIpc) is 2.47. The summed E-state index contributed by atoms with van der Waals surface area (Å²) in [6.07, 6.45) is 0. The first-order valence-corrected chi connectivity index (χ1v) is 7.01. The monoisotopic (exact) mass is 284 g/mol. The van der Waals surface area contributed by atoms with E-state index in [1.807, 2.05) is 56.3 Å². The van der Waals surface area contributed by atoms with Crippen molar-refractivity contribution in [3.63, 3.8) is 0 Å². The number of hydrogen-bond acceptors (Lipinski definition) is 3.